The van der Waals surface area contributed by atoms with Crippen molar-refractivity contribution in [1.82, 2.24) is 30.1 Å². The van der Waals surface area contributed by atoms with E-state index in [4.69, 9.17) is 9.47 Å². The topological polar surface area (TPSA) is 122 Å². The molecule has 1 N–H and O–H groups in total. The van der Waals surface area contributed by atoms with E-state index in [9.17, 15) is 22.8 Å². The average Bonchev–Trinajstić information content (AvgIpc) is 3.51. The predicted molar refractivity (Wildman–Crippen MR) is 133 cm³/mol. The van der Waals surface area contributed by atoms with Crippen LogP contribution in [0.25, 0.3) is 10.9 Å². The smallest absolute Gasteiger partial charge is 0.497 e. The van der Waals surface area contributed by atoms with E-state index in [0.717, 1.165) is 6.07 Å². The van der Waals surface area contributed by atoms with Crippen molar-refractivity contribution in [2.75, 3.05) is 7.11 Å². The van der Waals surface area contributed by atoms with Gasteiger partial charge in [-0.3, -0.25) is 14.9 Å². The number of benzene rings is 2. The van der Waals surface area contributed by atoms with Gasteiger partial charge >= 0.3 is 6.36 Å². The van der Waals surface area contributed by atoms with E-state index in [0.29, 0.717) is 33.5 Å². The van der Waals surface area contributed by atoms with Gasteiger partial charge in [-0.05, 0) is 62.0 Å². The van der Waals surface area contributed by atoms with Gasteiger partial charge in [0, 0.05) is 22.7 Å². The number of aromatic nitrogens is 5. The van der Waals surface area contributed by atoms with Crippen molar-refractivity contribution in [3.8, 4) is 11.5 Å². The number of hydrogen-bond donors (Lipinski definition) is 1. The zero-order valence-corrected chi connectivity index (χ0v) is 21.6. The number of ether oxygens (including phenoxy) is 3. The molecule has 1 aliphatic heterocycles. The van der Waals surface area contributed by atoms with Crippen LogP contribution in [0.2, 0.25) is 0 Å². The molecule has 5 rings (SSSR count). The number of carbonyl (C=O) groups is 2. The number of methoxy groups -OCH3 is 1. The second kappa shape index (κ2) is 9.70. The fourth-order valence-corrected chi connectivity index (χ4v) is 4.56. The minimum atomic E-state index is -4.90. The minimum Gasteiger partial charge on any atom is -0.497 e. The van der Waals surface area contributed by atoms with E-state index in [1.54, 1.807) is 42.7 Å². The van der Waals surface area contributed by atoms with Gasteiger partial charge in [-0.2, -0.15) is 4.80 Å². The Morgan fingerprint density at radius 3 is 2.50 bits per heavy atom. The number of nitrogens with zero attached hydrogens (tertiary/aromatic N) is 5. The lowest BCUT2D eigenvalue weighted by molar-refractivity contribution is -0.274. The van der Waals surface area contributed by atoms with Crippen molar-refractivity contribution in [3.63, 3.8) is 0 Å². The molecule has 0 aliphatic carbocycles. The van der Waals surface area contributed by atoms with Crippen LogP contribution in [-0.2, 0) is 22.6 Å². The van der Waals surface area contributed by atoms with Crippen molar-refractivity contribution < 1.29 is 37.0 Å². The number of carbonyl (C=O) groups excluding carboxylic acids is 2. The molecule has 2 aromatic heterocycles. The summed E-state index contributed by atoms with van der Waals surface area (Å²) < 4.78 is 55.3. The minimum absolute atomic E-state index is 0.0375. The summed E-state index contributed by atoms with van der Waals surface area (Å²) in [5, 5.41) is 15.2. The van der Waals surface area contributed by atoms with Crippen molar-refractivity contribution >= 4 is 22.6 Å². The first-order chi connectivity index (χ1) is 18.9. The summed E-state index contributed by atoms with van der Waals surface area (Å²) in [6.45, 7) is 6.70. The van der Waals surface area contributed by atoms with E-state index < -0.39 is 23.6 Å². The van der Waals surface area contributed by atoms with Crippen molar-refractivity contribution in [1.29, 1.82) is 0 Å². The summed E-state index contributed by atoms with van der Waals surface area (Å²) in [6.07, 6.45) is -4.90. The molecular weight excluding hydrogens is 533 g/mol. The summed E-state index contributed by atoms with van der Waals surface area (Å²) in [5.41, 5.74) is 0.139. The zero-order chi connectivity index (χ0) is 28.8. The van der Waals surface area contributed by atoms with E-state index >= 15 is 0 Å². The van der Waals surface area contributed by atoms with Gasteiger partial charge in [-0.25, -0.2) is 0 Å². The molecule has 1 amide bonds. The number of fused-ring (bicyclic) bond motifs is 1. The van der Waals surface area contributed by atoms with E-state index in [1.807, 2.05) is 0 Å². The molecule has 1 atom stereocenters. The molecule has 1 saturated heterocycles. The summed E-state index contributed by atoms with van der Waals surface area (Å²) in [7, 11) is 1.51. The largest absolute Gasteiger partial charge is 0.573 e. The number of nitrogens with one attached hydrogen (secondary N) is 1. The second-order valence-corrected chi connectivity index (χ2v) is 9.28. The summed E-state index contributed by atoms with van der Waals surface area (Å²) >= 11 is 0. The number of rotatable bonds is 8. The zero-order valence-electron chi connectivity index (χ0n) is 21.6. The van der Waals surface area contributed by atoms with Crippen LogP contribution in [-0.4, -0.2) is 55.5 Å². The van der Waals surface area contributed by atoms with Gasteiger partial charge in [0.1, 0.15) is 18.0 Å². The van der Waals surface area contributed by atoms with Crippen LogP contribution >= 0.6 is 0 Å². The van der Waals surface area contributed by atoms with Gasteiger partial charge in [0.15, 0.2) is 17.5 Å². The average molecular weight is 557 g/mol. The Labute approximate surface area is 225 Å². The number of amides is 1. The van der Waals surface area contributed by atoms with E-state index in [2.05, 4.69) is 32.0 Å². The highest BCUT2D eigenvalue weighted by molar-refractivity contribution is 6.17. The highest BCUT2D eigenvalue weighted by Gasteiger charge is 2.43. The maximum atomic E-state index is 13.6. The van der Waals surface area contributed by atoms with Gasteiger partial charge in [0.25, 0.3) is 5.91 Å². The number of alkyl halides is 3. The number of tetrazole rings is 1. The Morgan fingerprint density at radius 1 is 1.18 bits per heavy atom. The molecule has 0 spiro atoms. The molecule has 2 aromatic carbocycles. The Kier molecular flexibility index (Phi) is 6.48. The first-order valence-corrected chi connectivity index (χ1v) is 11.9. The first kappa shape index (κ1) is 26.7. The number of ketones is 1. The van der Waals surface area contributed by atoms with Crippen LogP contribution in [0, 0.1) is 6.92 Å². The lowest BCUT2D eigenvalue weighted by Crippen LogP contribution is -2.40. The van der Waals surface area contributed by atoms with Crippen molar-refractivity contribution in [2.24, 2.45) is 0 Å². The summed E-state index contributed by atoms with van der Waals surface area (Å²) in [4.78, 5) is 27.0. The third-order valence-electron chi connectivity index (χ3n) is 6.43. The van der Waals surface area contributed by atoms with E-state index in [1.165, 1.54) is 24.0 Å². The molecule has 1 fully saturated rings. The lowest BCUT2D eigenvalue weighted by atomic mass is 10.0. The lowest BCUT2D eigenvalue weighted by Gasteiger charge is -2.18. The molecule has 14 heteroatoms. The molecular formula is C26H23F3N6O5. The molecule has 0 bridgehead atoms. The maximum Gasteiger partial charge on any atom is 0.573 e. The van der Waals surface area contributed by atoms with Crippen molar-refractivity contribution in [2.45, 2.75) is 38.9 Å². The van der Waals surface area contributed by atoms with Crippen molar-refractivity contribution in [3.05, 3.63) is 77.6 Å². The van der Waals surface area contributed by atoms with E-state index in [-0.39, 0.29) is 30.6 Å². The number of halogens is 3. The SMILES string of the molecule is C=C1NC(=O)[C@](C)(Cn2nnc(Cn3c(C)c(C(=O)c4ccc(OC)cc4)c4ccc(OC(F)(F)F)cc43)n2)O1. The van der Waals surface area contributed by atoms with Gasteiger partial charge in [-0.15, -0.1) is 23.4 Å². The molecule has 208 valence electrons. The second-order valence-electron chi connectivity index (χ2n) is 9.28. The van der Waals surface area contributed by atoms with Crippen LogP contribution in [0.4, 0.5) is 13.2 Å². The molecule has 40 heavy (non-hydrogen) atoms. The summed E-state index contributed by atoms with van der Waals surface area (Å²) in [5.74, 6) is -0.335. The molecule has 3 heterocycles. The predicted octanol–water partition coefficient (Wildman–Crippen LogP) is 3.50. The fourth-order valence-electron chi connectivity index (χ4n) is 4.56. The molecule has 1 aliphatic rings. The summed E-state index contributed by atoms with van der Waals surface area (Å²) in [6, 6.07) is 10.3. The van der Waals surface area contributed by atoms with Gasteiger partial charge in [-0.1, -0.05) is 0 Å². The third-order valence-corrected chi connectivity index (χ3v) is 6.43. The Hall–Kier alpha value is -4.88. The molecule has 0 unspecified atom stereocenters. The van der Waals surface area contributed by atoms with Gasteiger partial charge < -0.3 is 18.8 Å². The molecule has 0 radical (unpaired) electrons. The van der Waals surface area contributed by atoms with Crippen LogP contribution in [0.15, 0.2) is 54.9 Å². The third kappa shape index (κ3) is 5.07. The normalized spacial score (nSPS) is 17.1. The van der Waals surface area contributed by atoms with Crippen LogP contribution < -0.4 is 14.8 Å². The standard InChI is InChI=1S/C26H23F3N6O5/c1-14-22(23(36)16-5-7-17(38-4)8-6-16)19-10-9-18(40-26(27,28)29)11-20(19)34(14)12-21-31-33-35(32-21)13-25(3)24(37)30-15(2)39-25/h5-11H,2,12-13H2,1,3-4H3,(H,30,37)/t25-/m0/s1. The quantitative estimate of drug-likeness (QED) is 0.328. The van der Waals surface area contributed by atoms with Crippen LogP contribution in [0.5, 0.6) is 11.5 Å². The molecule has 11 nitrogen and oxygen atoms in total. The Morgan fingerprint density at radius 2 is 1.88 bits per heavy atom. The van der Waals surface area contributed by atoms with Gasteiger partial charge in [0.2, 0.25) is 5.60 Å². The highest BCUT2D eigenvalue weighted by Crippen LogP contribution is 2.33. The first-order valence-electron chi connectivity index (χ1n) is 11.9. The fraction of sp³-hybridized carbons (Fsp3) is 0.269. The molecule has 0 saturated carbocycles. The Balaban J connectivity index is 1.53. The van der Waals surface area contributed by atoms with Crippen LogP contribution in [0.3, 0.4) is 0 Å². The number of hydrogen-bond acceptors (Lipinski definition) is 8. The maximum absolute atomic E-state index is 13.6. The monoisotopic (exact) mass is 556 g/mol. The Bertz CT molecular complexity index is 1640. The van der Waals surface area contributed by atoms with Gasteiger partial charge in [0.05, 0.1) is 24.7 Å². The highest BCUT2D eigenvalue weighted by atomic mass is 19.4. The molecule has 4 aromatic rings. The van der Waals surface area contributed by atoms with Crippen LogP contribution in [0.1, 0.15) is 34.4 Å².